The molecule has 1 aliphatic heterocycles. The third kappa shape index (κ3) is 2.26. The zero-order valence-electron chi connectivity index (χ0n) is 11.3. The molecule has 0 saturated heterocycles. The van der Waals surface area contributed by atoms with Crippen molar-refractivity contribution in [1.29, 1.82) is 0 Å². The minimum atomic E-state index is -0.764. The predicted octanol–water partition coefficient (Wildman–Crippen LogP) is 2.68. The number of aliphatic imine (C=N–C) groups is 1. The second kappa shape index (κ2) is 5.26. The van der Waals surface area contributed by atoms with Gasteiger partial charge in [0.1, 0.15) is 5.54 Å². The van der Waals surface area contributed by atoms with Gasteiger partial charge in [0.15, 0.2) is 17.3 Å². The Labute approximate surface area is 112 Å². The molecule has 4 nitrogen and oxygen atoms in total. The van der Waals surface area contributed by atoms with Crippen molar-refractivity contribution in [2.24, 2.45) is 4.99 Å². The van der Waals surface area contributed by atoms with Crippen LogP contribution in [0.4, 0.5) is 0 Å². The lowest BCUT2D eigenvalue weighted by atomic mass is 9.88. The Morgan fingerprint density at radius 2 is 2.00 bits per heavy atom. The fraction of sp³-hybridized carbons (Fsp3) is 0.333. The van der Waals surface area contributed by atoms with E-state index in [4.69, 9.17) is 9.47 Å². The van der Waals surface area contributed by atoms with Crippen molar-refractivity contribution in [1.82, 2.24) is 0 Å². The Morgan fingerprint density at radius 1 is 1.26 bits per heavy atom. The summed E-state index contributed by atoms with van der Waals surface area (Å²) in [6.45, 7) is 1.95. The van der Waals surface area contributed by atoms with Crippen LogP contribution in [0.25, 0.3) is 0 Å². The Hall–Kier alpha value is -2.10. The van der Waals surface area contributed by atoms with Crippen LogP contribution in [0, 0.1) is 0 Å². The molecule has 4 heteroatoms. The molecule has 0 spiro atoms. The van der Waals surface area contributed by atoms with Gasteiger partial charge in [0.25, 0.3) is 0 Å². The molecule has 1 unspecified atom stereocenters. The van der Waals surface area contributed by atoms with Crippen molar-refractivity contribution in [3.8, 4) is 11.5 Å². The van der Waals surface area contributed by atoms with Crippen LogP contribution in [0.1, 0.15) is 23.7 Å². The zero-order valence-corrected chi connectivity index (χ0v) is 11.3. The minimum absolute atomic E-state index is 0.0269. The summed E-state index contributed by atoms with van der Waals surface area (Å²) < 4.78 is 10.4. The average molecular weight is 259 g/mol. The van der Waals surface area contributed by atoms with E-state index in [0.29, 0.717) is 23.5 Å². The SMILES string of the molecule is CCC1(C(=O)c2ccc(OC)c(OC)c2)C=CC=N1. The molecule has 1 aromatic carbocycles. The Bertz CT molecular complexity index is 534. The topological polar surface area (TPSA) is 47.9 Å². The molecular weight excluding hydrogens is 242 g/mol. The van der Waals surface area contributed by atoms with Crippen LogP contribution < -0.4 is 9.47 Å². The maximum absolute atomic E-state index is 12.6. The predicted molar refractivity (Wildman–Crippen MR) is 74.5 cm³/mol. The lowest BCUT2D eigenvalue weighted by molar-refractivity contribution is 0.0921. The van der Waals surface area contributed by atoms with Crippen molar-refractivity contribution < 1.29 is 14.3 Å². The molecule has 0 N–H and O–H groups in total. The van der Waals surface area contributed by atoms with Gasteiger partial charge < -0.3 is 9.47 Å². The summed E-state index contributed by atoms with van der Waals surface area (Å²) in [5.74, 6) is 1.13. The summed E-state index contributed by atoms with van der Waals surface area (Å²) in [4.78, 5) is 16.9. The number of benzene rings is 1. The first-order valence-electron chi connectivity index (χ1n) is 6.16. The molecule has 0 radical (unpaired) electrons. The van der Waals surface area contributed by atoms with Gasteiger partial charge in [-0.1, -0.05) is 6.92 Å². The Morgan fingerprint density at radius 3 is 2.53 bits per heavy atom. The maximum Gasteiger partial charge on any atom is 0.194 e. The fourth-order valence-electron chi connectivity index (χ4n) is 2.15. The van der Waals surface area contributed by atoms with Crippen LogP contribution in [0.15, 0.2) is 35.3 Å². The first-order valence-corrected chi connectivity index (χ1v) is 6.16. The highest BCUT2D eigenvalue weighted by Crippen LogP contribution is 2.32. The number of ketones is 1. The third-order valence-electron chi connectivity index (χ3n) is 3.34. The van der Waals surface area contributed by atoms with Gasteiger partial charge in [-0.3, -0.25) is 9.79 Å². The summed E-state index contributed by atoms with van der Waals surface area (Å²) >= 11 is 0. The normalized spacial score (nSPS) is 20.6. The summed E-state index contributed by atoms with van der Waals surface area (Å²) in [5.41, 5.74) is -0.192. The van der Waals surface area contributed by atoms with Crippen LogP contribution in [-0.2, 0) is 0 Å². The maximum atomic E-state index is 12.6. The van der Waals surface area contributed by atoms with Gasteiger partial charge in [-0.25, -0.2) is 0 Å². The lowest BCUT2D eigenvalue weighted by Gasteiger charge is -2.21. The van der Waals surface area contributed by atoms with Gasteiger partial charge in [-0.2, -0.15) is 0 Å². The quantitative estimate of drug-likeness (QED) is 0.764. The number of hydrogen-bond acceptors (Lipinski definition) is 4. The van der Waals surface area contributed by atoms with E-state index in [-0.39, 0.29) is 5.78 Å². The van der Waals surface area contributed by atoms with Crippen molar-refractivity contribution in [3.05, 3.63) is 35.9 Å². The van der Waals surface area contributed by atoms with Gasteiger partial charge in [0.05, 0.1) is 14.2 Å². The standard InChI is InChI=1S/C15H17NO3/c1-4-15(8-5-9-16-15)14(17)11-6-7-12(18-2)13(10-11)19-3/h5-10H,4H2,1-3H3. The molecule has 1 heterocycles. The molecule has 1 aliphatic rings. The van der Waals surface area contributed by atoms with Crippen LogP contribution in [0.2, 0.25) is 0 Å². The highest BCUT2D eigenvalue weighted by Gasteiger charge is 2.35. The Balaban J connectivity index is 2.39. The number of methoxy groups -OCH3 is 2. The number of hydrogen-bond donors (Lipinski definition) is 0. The molecule has 0 fully saturated rings. The van der Waals surface area contributed by atoms with E-state index >= 15 is 0 Å². The number of carbonyl (C=O) groups excluding carboxylic acids is 1. The number of nitrogens with zero attached hydrogens (tertiary/aromatic N) is 1. The van der Waals surface area contributed by atoms with Gasteiger partial charge in [0.2, 0.25) is 0 Å². The molecule has 100 valence electrons. The molecule has 1 aromatic rings. The molecule has 0 amide bonds. The van der Waals surface area contributed by atoms with Crippen molar-refractivity contribution in [3.63, 3.8) is 0 Å². The van der Waals surface area contributed by atoms with Crippen LogP contribution in [0.3, 0.4) is 0 Å². The van der Waals surface area contributed by atoms with E-state index in [1.54, 1.807) is 38.6 Å². The van der Waals surface area contributed by atoms with E-state index in [9.17, 15) is 4.79 Å². The van der Waals surface area contributed by atoms with Gasteiger partial charge in [-0.15, -0.1) is 0 Å². The molecule has 0 aromatic heterocycles. The zero-order chi connectivity index (χ0) is 13.9. The number of carbonyl (C=O) groups is 1. The molecule has 0 saturated carbocycles. The lowest BCUT2D eigenvalue weighted by Crippen LogP contribution is -2.32. The van der Waals surface area contributed by atoms with Gasteiger partial charge >= 0.3 is 0 Å². The highest BCUT2D eigenvalue weighted by molar-refractivity contribution is 6.07. The number of rotatable bonds is 5. The van der Waals surface area contributed by atoms with Gasteiger partial charge in [-0.05, 0) is 36.8 Å². The second-order valence-electron chi connectivity index (χ2n) is 4.31. The molecule has 19 heavy (non-hydrogen) atoms. The van der Waals surface area contributed by atoms with Crippen LogP contribution in [0.5, 0.6) is 11.5 Å². The largest absolute Gasteiger partial charge is 0.493 e. The first-order chi connectivity index (χ1) is 9.16. The first kappa shape index (κ1) is 13.3. The number of allylic oxidation sites excluding steroid dienone is 1. The third-order valence-corrected chi connectivity index (χ3v) is 3.34. The highest BCUT2D eigenvalue weighted by atomic mass is 16.5. The minimum Gasteiger partial charge on any atom is -0.493 e. The van der Waals surface area contributed by atoms with Crippen LogP contribution >= 0.6 is 0 Å². The average Bonchev–Trinajstić information content (AvgIpc) is 2.95. The smallest absolute Gasteiger partial charge is 0.194 e. The van der Waals surface area contributed by atoms with Crippen molar-refractivity contribution >= 4 is 12.0 Å². The summed E-state index contributed by atoms with van der Waals surface area (Å²) in [5, 5.41) is 0. The van der Waals surface area contributed by atoms with E-state index in [2.05, 4.69) is 4.99 Å². The van der Waals surface area contributed by atoms with Crippen molar-refractivity contribution in [2.75, 3.05) is 14.2 Å². The monoisotopic (exact) mass is 259 g/mol. The molecule has 0 aliphatic carbocycles. The van der Waals surface area contributed by atoms with E-state index in [0.717, 1.165) is 0 Å². The van der Waals surface area contributed by atoms with Gasteiger partial charge in [0, 0.05) is 11.8 Å². The number of Topliss-reactive ketones (excluding diaryl/α,β-unsaturated/α-hetero) is 1. The molecule has 1 atom stereocenters. The molecular formula is C15H17NO3. The summed E-state index contributed by atoms with van der Waals surface area (Å²) in [6, 6.07) is 5.17. The number of ether oxygens (including phenoxy) is 2. The molecule has 0 bridgehead atoms. The summed E-state index contributed by atoms with van der Waals surface area (Å²) in [6.07, 6.45) is 5.95. The second-order valence-corrected chi connectivity index (χ2v) is 4.31. The van der Waals surface area contributed by atoms with Crippen molar-refractivity contribution in [2.45, 2.75) is 18.9 Å². The molecule has 2 rings (SSSR count). The Kier molecular flexibility index (Phi) is 3.69. The van der Waals surface area contributed by atoms with E-state index in [1.165, 1.54) is 0 Å². The summed E-state index contributed by atoms with van der Waals surface area (Å²) in [7, 11) is 3.12. The fourth-order valence-corrected chi connectivity index (χ4v) is 2.15. The van der Waals surface area contributed by atoms with E-state index in [1.807, 2.05) is 19.1 Å². The van der Waals surface area contributed by atoms with Crippen LogP contribution in [-0.4, -0.2) is 31.8 Å². The van der Waals surface area contributed by atoms with E-state index < -0.39 is 5.54 Å².